The Morgan fingerprint density at radius 2 is 1.97 bits per heavy atom. The maximum Gasteiger partial charge on any atom is 0.271 e. The van der Waals surface area contributed by atoms with E-state index in [0.717, 1.165) is 16.7 Å². The molecule has 4 aromatic heterocycles. The standard InChI is InChI=1S/C22H16N4O2S/c1-14-5-4-6-15(9-14)17-12-29-21-20(17)23-13-25(22(21)28)11-16-10-19(27)26-8-3-2-7-18(26)24-16/h2-10,12-13H,11H2,1H3. The summed E-state index contributed by atoms with van der Waals surface area (Å²) in [7, 11) is 0. The second-order valence-corrected chi connectivity index (χ2v) is 7.77. The lowest BCUT2D eigenvalue weighted by atomic mass is 10.1. The van der Waals surface area contributed by atoms with Crippen LogP contribution >= 0.6 is 11.3 Å². The van der Waals surface area contributed by atoms with E-state index >= 15 is 0 Å². The third-order valence-electron chi connectivity index (χ3n) is 4.83. The minimum atomic E-state index is -0.175. The molecular formula is C22H16N4O2S. The lowest BCUT2D eigenvalue weighted by Gasteiger charge is -2.07. The number of pyridine rings is 1. The first kappa shape index (κ1) is 17.5. The van der Waals surface area contributed by atoms with Gasteiger partial charge in [-0.25, -0.2) is 9.97 Å². The third kappa shape index (κ3) is 3.05. The number of hydrogen-bond donors (Lipinski definition) is 0. The minimum absolute atomic E-state index is 0.131. The summed E-state index contributed by atoms with van der Waals surface area (Å²) in [5.74, 6) is 0. The van der Waals surface area contributed by atoms with E-state index < -0.39 is 0 Å². The number of fused-ring (bicyclic) bond motifs is 2. The maximum absolute atomic E-state index is 13.0. The molecule has 0 atom stereocenters. The Labute approximate surface area is 169 Å². The summed E-state index contributed by atoms with van der Waals surface area (Å²) in [6.07, 6.45) is 3.21. The van der Waals surface area contributed by atoms with Gasteiger partial charge in [0, 0.05) is 23.2 Å². The Hall–Kier alpha value is -3.58. The van der Waals surface area contributed by atoms with E-state index in [-0.39, 0.29) is 17.7 Å². The molecule has 0 saturated heterocycles. The van der Waals surface area contributed by atoms with Gasteiger partial charge in [0.15, 0.2) is 0 Å². The van der Waals surface area contributed by atoms with Gasteiger partial charge in [-0.05, 0) is 24.6 Å². The fraction of sp³-hybridized carbons (Fsp3) is 0.0909. The summed E-state index contributed by atoms with van der Waals surface area (Å²) in [5, 5.41) is 1.97. The monoisotopic (exact) mass is 400 g/mol. The fourth-order valence-corrected chi connectivity index (χ4v) is 4.41. The van der Waals surface area contributed by atoms with E-state index in [1.807, 2.05) is 36.6 Å². The molecule has 0 aliphatic heterocycles. The van der Waals surface area contributed by atoms with Crippen molar-refractivity contribution in [3.05, 3.63) is 98.4 Å². The van der Waals surface area contributed by atoms with Crippen LogP contribution in [0.3, 0.4) is 0 Å². The SMILES string of the molecule is Cc1cccc(-c2csc3c(=O)n(Cc4cc(=O)n5ccccc5n4)cnc23)c1. The molecule has 5 aromatic rings. The molecule has 1 aromatic carbocycles. The van der Waals surface area contributed by atoms with Crippen molar-refractivity contribution in [1.29, 1.82) is 0 Å². The molecule has 0 fully saturated rings. The van der Waals surface area contributed by atoms with E-state index in [2.05, 4.69) is 16.0 Å². The van der Waals surface area contributed by atoms with E-state index in [9.17, 15) is 9.59 Å². The van der Waals surface area contributed by atoms with Gasteiger partial charge >= 0.3 is 0 Å². The van der Waals surface area contributed by atoms with Gasteiger partial charge in [0.2, 0.25) is 0 Å². The molecule has 0 saturated carbocycles. The molecule has 0 aliphatic rings. The molecule has 7 heteroatoms. The zero-order valence-corrected chi connectivity index (χ0v) is 16.4. The zero-order valence-electron chi connectivity index (χ0n) is 15.6. The average molecular weight is 400 g/mol. The van der Waals surface area contributed by atoms with Crippen molar-refractivity contribution in [2.45, 2.75) is 13.5 Å². The second-order valence-electron chi connectivity index (χ2n) is 6.89. The van der Waals surface area contributed by atoms with Crippen LogP contribution in [0.4, 0.5) is 0 Å². The summed E-state index contributed by atoms with van der Waals surface area (Å²) in [4.78, 5) is 34.4. The Morgan fingerprint density at radius 1 is 1.07 bits per heavy atom. The molecule has 0 bridgehead atoms. The van der Waals surface area contributed by atoms with Crippen LogP contribution in [0.25, 0.3) is 27.0 Å². The molecule has 29 heavy (non-hydrogen) atoms. The molecule has 142 valence electrons. The Kier molecular flexibility index (Phi) is 4.10. The highest BCUT2D eigenvalue weighted by molar-refractivity contribution is 7.17. The van der Waals surface area contributed by atoms with Crippen molar-refractivity contribution >= 4 is 27.2 Å². The normalized spacial score (nSPS) is 11.3. The third-order valence-corrected chi connectivity index (χ3v) is 5.79. The smallest absolute Gasteiger partial charge is 0.271 e. The van der Waals surface area contributed by atoms with E-state index in [1.165, 1.54) is 32.7 Å². The summed E-state index contributed by atoms with van der Waals surface area (Å²) in [5.41, 5.74) is 4.64. The molecule has 4 heterocycles. The van der Waals surface area contributed by atoms with Crippen LogP contribution in [-0.4, -0.2) is 18.9 Å². The van der Waals surface area contributed by atoms with Crippen LogP contribution in [0.15, 0.2) is 76.0 Å². The lowest BCUT2D eigenvalue weighted by molar-refractivity contribution is 0.728. The fourth-order valence-electron chi connectivity index (χ4n) is 3.43. The van der Waals surface area contributed by atoms with Gasteiger partial charge in [0.1, 0.15) is 10.3 Å². The highest BCUT2D eigenvalue weighted by atomic mass is 32.1. The van der Waals surface area contributed by atoms with Gasteiger partial charge in [-0.2, -0.15) is 0 Å². The number of rotatable bonds is 3. The summed E-state index contributed by atoms with van der Waals surface area (Å²) < 4.78 is 3.57. The van der Waals surface area contributed by atoms with E-state index in [1.54, 1.807) is 18.3 Å². The molecule has 0 amide bonds. The minimum Gasteiger partial charge on any atom is -0.292 e. The number of aryl methyl sites for hydroxylation is 1. The molecule has 6 nitrogen and oxygen atoms in total. The zero-order chi connectivity index (χ0) is 20.0. The van der Waals surface area contributed by atoms with Crippen molar-refractivity contribution < 1.29 is 0 Å². The Bertz CT molecular complexity index is 1500. The van der Waals surface area contributed by atoms with Crippen molar-refractivity contribution in [3.63, 3.8) is 0 Å². The van der Waals surface area contributed by atoms with Crippen molar-refractivity contribution in [3.8, 4) is 11.1 Å². The first-order chi connectivity index (χ1) is 14.1. The number of benzene rings is 1. The highest BCUT2D eigenvalue weighted by Gasteiger charge is 2.13. The highest BCUT2D eigenvalue weighted by Crippen LogP contribution is 2.31. The van der Waals surface area contributed by atoms with Gasteiger partial charge in [-0.1, -0.05) is 35.9 Å². The number of nitrogens with zero attached hydrogens (tertiary/aromatic N) is 4. The Morgan fingerprint density at radius 3 is 2.83 bits per heavy atom. The van der Waals surface area contributed by atoms with Crippen molar-refractivity contribution in [2.75, 3.05) is 0 Å². The van der Waals surface area contributed by atoms with Gasteiger partial charge in [0.25, 0.3) is 11.1 Å². The van der Waals surface area contributed by atoms with Crippen molar-refractivity contribution in [2.24, 2.45) is 0 Å². The Balaban J connectivity index is 1.58. The van der Waals surface area contributed by atoms with Gasteiger partial charge in [-0.15, -0.1) is 11.3 Å². The number of hydrogen-bond acceptors (Lipinski definition) is 5. The summed E-state index contributed by atoms with van der Waals surface area (Å²) in [6, 6.07) is 15.0. The average Bonchev–Trinajstić information content (AvgIpc) is 3.15. The summed E-state index contributed by atoms with van der Waals surface area (Å²) in [6.45, 7) is 2.23. The van der Waals surface area contributed by atoms with Crippen LogP contribution in [0.1, 0.15) is 11.3 Å². The van der Waals surface area contributed by atoms with Crippen molar-refractivity contribution in [1.82, 2.24) is 18.9 Å². The van der Waals surface area contributed by atoms with Crippen LogP contribution in [-0.2, 0) is 6.54 Å². The van der Waals surface area contributed by atoms with Gasteiger partial charge in [-0.3, -0.25) is 18.6 Å². The van der Waals surface area contributed by atoms with E-state index in [0.29, 0.717) is 21.6 Å². The summed E-state index contributed by atoms with van der Waals surface area (Å²) >= 11 is 1.39. The van der Waals surface area contributed by atoms with Gasteiger partial charge < -0.3 is 0 Å². The topological polar surface area (TPSA) is 69.3 Å². The molecule has 0 N–H and O–H groups in total. The van der Waals surface area contributed by atoms with E-state index in [4.69, 9.17) is 0 Å². The van der Waals surface area contributed by atoms with Crippen LogP contribution in [0.5, 0.6) is 0 Å². The first-order valence-electron chi connectivity index (χ1n) is 9.11. The predicted octanol–water partition coefficient (Wildman–Crippen LogP) is 3.49. The molecule has 5 rings (SSSR count). The second kappa shape index (κ2) is 6.79. The van der Waals surface area contributed by atoms with Crippen LogP contribution < -0.4 is 11.1 Å². The largest absolute Gasteiger partial charge is 0.292 e. The molecular weight excluding hydrogens is 384 g/mol. The molecule has 0 spiro atoms. The maximum atomic E-state index is 13.0. The first-order valence-corrected chi connectivity index (χ1v) is 9.99. The molecule has 0 radical (unpaired) electrons. The van der Waals surface area contributed by atoms with Gasteiger partial charge in [0.05, 0.1) is 24.1 Å². The van der Waals surface area contributed by atoms with Crippen LogP contribution in [0, 0.1) is 6.92 Å². The lowest BCUT2D eigenvalue weighted by Crippen LogP contribution is -2.23. The molecule has 0 unspecified atom stereocenters. The predicted molar refractivity (Wildman–Crippen MR) is 115 cm³/mol. The number of thiophene rings is 1. The number of aromatic nitrogens is 4. The van der Waals surface area contributed by atoms with Crippen LogP contribution in [0.2, 0.25) is 0 Å². The molecule has 0 aliphatic carbocycles. The quantitative estimate of drug-likeness (QED) is 0.465.